The molecule has 58 valence electrons. The van der Waals surface area contributed by atoms with Crippen LogP contribution in [-0.4, -0.2) is 37.1 Å². The molecule has 0 saturated carbocycles. The monoisotopic (exact) mass is 144 g/mol. The quantitative estimate of drug-likeness (QED) is 0.564. The molecule has 2 atom stereocenters. The molecule has 0 radical (unpaired) electrons. The summed E-state index contributed by atoms with van der Waals surface area (Å²) in [5.74, 6) is 0. The first-order valence-electron chi connectivity index (χ1n) is 3.33. The molecule has 1 aliphatic rings. The Morgan fingerprint density at radius 2 is 2.50 bits per heavy atom. The second-order valence-electron chi connectivity index (χ2n) is 2.27. The Morgan fingerprint density at radius 3 is 3.00 bits per heavy atom. The molecule has 0 bridgehead atoms. The highest BCUT2D eigenvalue weighted by Crippen LogP contribution is 2.08. The summed E-state index contributed by atoms with van der Waals surface area (Å²) < 4.78 is 10.1. The Labute approximate surface area is 60.3 Å². The van der Waals surface area contributed by atoms with Crippen molar-refractivity contribution in [3.8, 4) is 0 Å². The molecule has 0 aromatic heterocycles. The van der Waals surface area contributed by atoms with Crippen molar-refractivity contribution < 1.29 is 14.6 Å². The zero-order valence-corrected chi connectivity index (χ0v) is 5.82. The summed E-state index contributed by atoms with van der Waals surface area (Å²) in [5.41, 5.74) is 0. The van der Waals surface area contributed by atoms with E-state index in [-0.39, 0.29) is 6.10 Å². The average molecular weight is 144 g/mol. The van der Waals surface area contributed by atoms with Crippen LogP contribution in [0.15, 0.2) is 12.7 Å². The van der Waals surface area contributed by atoms with Gasteiger partial charge in [-0.3, -0.25) is 0 Å². The zero-order chi connectivity index (χ0) is 7.40. The van der Waals surface area contributed by atoms with Crippen molar-refractivity contribution >= 4 is 0 Å². The van der Waals surface area contributed by atoms with Crippen molar-refractivity contribution in [1.29, 1.82) is 0 Å². The number of aliphatic hydroxyl groups excluding tert-OH is 1. The Balaban J connectivity index is 2.19. The predicted octanol–water partition coefficient (Wildman–Crippen LogP) is -0.0513. The summed E-state index contributed by atoms with van der Waals surface area (Å²) in [4.78, 5) is 0. The molecule has 10 heavy (non-hydrogen) atoms. The molecule has 1 N–H and O–H groups in total. The van der Waals surface area contributed by atoms with Crippen LogP contribution in [0.4, 0.5) is 0 Å². The zero-order valence-electron chi connectivity index (χ0n) is 5.82. The topological polar surface area (TPSA) is 38.7 Å². The van der Waals surface area contributed by atoms with Crippen molar-refractivity contribution in [1.82, 2.24) is 0 Å². The third-order valence-corrected chi connectivity index (χ3v) is 1.43. The van der Waals surface area contributed by atoms with Gasteiger partial charge in [0, 0.05) is 0 Å². The Hall–Kier alpha value is -0.380. The number of aliphatic hydroxyl groups is 1. The summed E-state index contributed by atoms with van der Waals surface area (Å²) in [5, 5.41) is 9.13. The molecule has 0 unspecified atom stereocenters. The van der Waals surface area contributed by atoms with Gasteiger partial charge < -0.3 is 14.6 Å². The van der Waals surface area contributed by atoms with Gasteiger partial charge >= 0.3 is 0 Å². The molecule has 0 aromatic carbocycles. The van der Waals surface area contributed by atoms with Crippen LogP contribution in [0.1, 0.15) is 0 Å². The lowest BCUT2D eigenvalue weighted by Gasteiger charge is -2.10. The van der Waals surface area contributed by atoms with Gasteiger partial charge in [0.05, 0.1) is 19.8 Å². The summed E-state index contributed by atoms with van der Waals surface area (Å²) in [7, 11) is 0. The van der Waals surface area contributed by atoms with Gasteiger partial charge in [0.2, 0.25) is 0 Å². The Bertz CT molecular complexity index is 113. The molecule has 0 aliphatic carbocycles. The van der Waals surface area contributed by atoms with E-state index < -0.39 is 6.10 Å². The summed E-state index contributed by atoms with van der Waals surface area (Å²) in [6, 6.07) is 0. The smallest absolute Gasteiger partial charge is 0.109 e. The third-order valence-electron chi connectivity index (χ3n) is 1.43. The molecule has 1 rings (SSSR count). The Kier molecular flexibility index (Phi) is 2.86. The van der Waals surface area contributed by atoms with E-state index in [1.165, 1.54) is 0 Å². The molecular weight excluding hydrogens is 132 g/mol. The predicted molar refractivity (Wildman–Crippen MR) is 36.8 cm³/mol. The van der Waals surface area contributed by atoms with E-state index in [0.717, 1.165) is 0 Å². The van der Waals surface area contributed by atoms with Crippen LogP contribution >= 0.6 is 0 Å². The number of rotatable bonds is 3. The Morgan fingerprint density at radius 1 is 1.70 bits per heavy atom. The molecule has 0 aromatic rings. The average Bonchev–Trinajstić information content (AvgIpc) is 2.31. The van der Waals surface area contributed by atoms with E-state index in [0.29, 0.717) is 19.8 Å². The molecule has 0 spiro atoms. The fraction of sp³-hybridized carbons (Fsp3) is 0.714. The lowest BCUT2D eigenvalue weighted by Crippen LogP contribution is -2.26. The summed E-state index contributed by atoms with van der Waals surface area (Å²) in [6.07, 6.45) is 1.04. The molecule has 0 amide bonds. The van der Waals surface area contributed by atoms with Gasteiger partial charge in [-0.05, 0) is 0 Å². The highest BCUT2D eigenvalue weighted by Gasteiger charge is 2.26. The highest BCUT2D eigenvalue weighted by atomic mass is 16.6. The maximum atomic E-state index is 9.13. The van der Waals surface area contributed by atoms with Crippen LogP contribution in [0.2, 0.25) is 0 Å². The minimum absolute atomic E-state index is 0.155. The van der Waals surface area contributed by atoms with Crippen LogP contribution in [0, 0.1) is 0 Å². The van der Waals surface area contributed by atoms with Gasteiger partial charge in [0.15, 0.2) is 0 Å². The van der Waals surface area contributed by atoms with Gasteiger partial charge in [0.1, 0.15) is 12.2 Å². The van der Waals surface area contributed by atoms with E-state index >= 15 is 0 Å². The number of hydrogen-bond donors (Lipinski definition) is 1. The lowest BCUT2D eigenvalue weighted by molar-refractivity contribution is 0.00371. The van der Waals surface area contributed by atoms with E-state index in [9.17, 15) is 0 Å². The van der Waals surface area contributed by atoms with Crippen LogP contribution in [-0.2, 0) is 9.47 Å². The lowest BCUT2D eigenvalue weighted by atomic mass is 10.3. The standard InChI is InChI=1S/C7H12O3/c1-2-3-10-7-5-9-4-6(7)8/h2,6-8H,1,3-5H2/t6-,7-/m0/s1. The summed E-state index contributed by atoms with van der Waals surface area (Å²) >= 11 is 0. The molecular formula is C7H12O3. The first-order chi connectivity index (χ1) is 4.84. The molecule has 1 saturated heterocycles. The second-order valence-corrected chi connectivity index (χ2v) is 2.27. The van der Waals surface area contributed by atoms with Gasteiger partial charge in [-0.25, -0.2) is 0 Å². The van der Waals surface area contributed by atoms with Crippen LogP contribution in [0.5, 0.6) is 0 Å². The SMILES string of the molecule is C=CCO[C@H]1COC[C@@H]1O. The highest BCUT2D eigenvalue weighted by molar-refractivity contribution is 4.76. The second kappa shape index (κ2) is 3.71. The third kappa shape index (κ3) is 1.80. The first-order valence-corrected chi connectivity index (χ1v) is 3.33. The molecule has 1 fully saturated rings. The molecule has 3 nitrogen and oxygen atoms in total. The normalized spacial score (nSPS) is 32.5. The maximum Gasteiger partial charge on any atom is 0.109 e. The van der Waals surface area contributed by atoms with Gasteiger partial charge in [-0.15, -0.1) is 6.58 Å². The fourth-order valence-corrected chi connectivity index (χ4v) is 0.874. The molecule has 1 heterocycles. The van der Waals surface area contributed by atoms with Gasteiger partial charge in [0.25, 0.3) is 0 Å². The van der Waals surface area contributed by atoms with Crippen molar-refractivity contribution in [2.45, 2.75) is 12.2 Å². The van der Waals surface area contributed by atoms with Crippen molar-refractivity contribution in [2.75, 3.05) is 19.8 Å². The van der Waals surface area contributed by atoms with E-state index in [2.05, 4.69) is 6.58 Å². The molecule has 1 aliphatic heterocycles. The maximum absolute atomic E-state index is 9.13. The van der Waals surface area contributed by atoms with Crippen molar-refractivity contribution in [3.63, 3.8) is 0 Å². The van der Waals surface area contributed by atoms with Crippen LogP contribution in [0.25, 0.3) is 0 Å². The minimum Gasteiger partial charge on any atom is -0.388 e. The van der Waals surface area contributed by atoms with Crippen LogP contribution < -0.4 is 0 Å². The number of hydrogen-bond acceptors (Lipinski definition) is 3. The van der Waals surface area contributed by atoms with Gasteiger partial charge in [-0.2, -0.15) is 0 Å². The first kappa shape index (κ1) is 7.72. The van der Waals surface area contributed by atoms with E-state index in [1.54, 1.807) is 6.08 Å². The van der Waals surface area contributed by atoms with E-state index in [1.807, 2.05) is 0 Å². The summed E-state index contributed by atoms with van der Waals surface area (Å²) in [6.45, 7) is 4.86. The number of ether oxygens (including phenoxy) is 2. The van der Waals surface area contributed by atoms with Crippen LogP contribution in [0.3, 0.4) is 0 Å². The minimum atomic E-state index is -0.458. The fourth-order valence-electron chi connectivity index (χ4n) is 0.874. The van der Waals surface area contributed by atoms with Gasteiger partial charge in [-0.1, -0.05) is 6.08 Å². The van der Waals surface area contributed by atoms with Crippen molar-refractivity contribution in [3.05, 3.63) is 12.7 Å². The van der Waals surface area contributed by atoms with E-state index in [4.69, 9.17) is 14.6 Å². The largest absolute Gasteiger partial charge is 0.388 e. The molecule has 3 heteroatoms. The van der Waals surface area contributed by atoms with Crippen molar-refractivity contribution in [2.24, 2.45) is 0 Å².